The van der Waals surface area contributed by atoms with Crippen LogP contribution in [-0.2, 0) is 20.3 Å². The van der Waals surface area contributed by atoms with Crippen LogP contribution in [0.1, 0.15) is 46.5 Å². The summed E-state index contributed by atoms with van der Waals surface area (Å²) in [4.78, 5) is 26.2. The maximum Gasteiger partial charge on any atom is 0.412 e. The standard InChI is InChI=1S/C18H23NO4S/c1-17(2,3)23-16(21)19-14-11-7-8-12-15(20)18(14,19)24(22)13-9-5-4-6-10-13/h4-6,9-10,14H,7-8,11-12H2,1-3H3/t14-,18+,19?,24-/m1/s1. The fourth-order valence-corrected chi connectivity index (χ4v) is 5.26. The zero-order valence-corrected chi connectivity index (χ0v) is 15.1. The first-order valence-electron chi connectivity index (χ1n) is 8.31. The Morgan fingerprint density at radius 2 is 1.92 bits per heavy atom. The molecule has 0 bridgehead atoms. The van der Waals surface area contributed by atoms with E-state index in [2.05, 4.69) is 0 Å². The second-order valence-corrected chi connectivity index (χ2v) is 8.94. The summed E-state index contributed by atoms with van der Waals surface area (Å²) in [5.41, 5.74) is -0.655. The van der Waals surface area contributed by atoms with Crippen LogP contribution >= 0.6 is 0 Å². The van der Waals surface area contributed by atoms with Crippen LogP contribution in [0.4, 0.5) is 4.79 Å². The minimum Gasteiger partial charge on any atom is -0.444 e. The van der Waals surface area contributed by atoms with Gasteiger partial charge in [0.05, 0.1) is 16.8 Å². The van der Waals surface area contributed by atoms with Gasteiger partial charge in [0.2, 0.25) is 4.87 Å². The van der Waals surface area contributed by atoms with Crippen LogP contribution in [0.2, 0.25) is 0 Å². The summed E-state index contributed by atoms with van der Waals surface area (Å²) >= 11 is 0. The molecule has 24 heavy (non-hydrogen) atoms. The molecule has 1 saturated carbocycles. The Hall–Kier alpha value is -1.69. The van der Waals surface area contributed by atoms with Crippen LogP contribution in [0, 0.1) is 0 Å². The minimum absolute atomic E-state index is 0.113. The van der Waals surface area contributed by atoms with Crippen molar-refractivity contribution in [2.45, 2.75) is 67.9 Å². The lowest BCUT2D eigenvalue weighted by Gasteiger charge is -2.22. The van der Waals surface area contributed by atoms with Gasteiger partial charge in [-0.3, -0.25) is 13.9 Å². The molecule has 0 spiro atoms. The van der Waals surface area contributed by atoms with Gasteiger partial charge in [-0.2, -0.15) is 0 Å². The number of carbonyl (C=O) groups is 2. The molecule has 1 saturated heterocycles. The van der Waals surface area contributed by atoms with Gasteiger partial charge in [-0.05, 0) is 45.7 Å². The Balaban J connectivity index is 1.97. The third-order valence-electron chi connectivity index (χ3n) is 4.41. The molecular formula is C18H23NO4S. The highest BCUT2D eigenvalue weighted by Crippen LogP contribution is 2.52. The number of carbonyl (C=O) groups excluding carboxylic acids is 2. The van der Waals surface area contributed by atoms with Crippen molar-refractivity contribution in [3.63, 3.8) is 0 Å². The highest BCUT2D eigenvalue weighted by Gasteiger charge is 2.74. The van der Waals surface area contributed by atoms with Gasteiger partial charge in [0.25, 0.3) is 0 Å². The molecule has 1 aliphatic carbocycles. The van der Waals surface area contributed by atoms with E-state index in [-0.39, 0.29) is 11.8 Å². The zero-order chi connectivity index (χ0) is 17.5. The van der Waals surface area contributed by atoms with Crippen molar-refractivity contribution in [2.24, 2.45) is 0 Å². The third-order valence-corrected chi connectivity index (χ3v) is 6.38. The maximum atomic E-state index is 13.2. The number of Topliss-reactive ketones (excluding diaryl/α,β-unsaturated/α-hetero) is 1. The molecule has 130 valence electrons. The highest BCUT2D eigenvalue weighted by molar-refractivity contribution is 7.87. The lowest BCUT2D eigenvalue weighted by Crippen LogP contribution is -2.38. The van der Waals surface area contributed by atoms with E-state index in [4.69, 9.17) is 4.74 Å². The largest absolute Gasteiger partial charge is 0.444 e. The Morgan fingerprint density at radius 1 is 1.25 bits per heavy atom. The van der Waals surface area contributed by atoms with Crippen molar-refractivity contribution < 1.29 is 18.5 Å². The molecule has 1 aliphatic heterocycles. The Kier molecular flexibility index (Phi) is 4.28. The molecule has 0 unspecified atom stereocenters. The Bertz CT molecular complexity index is 682. The number of hydrogen-bond acceptors (Lipinski definition) is 4. The molecule has 6 heteroatoms. The van der Waals surface area contributed by atoms with E-state index >= 15 is 0 Å². The molecule has 1 aromatic rings. The Labute approximate surface area is 144 Å². The summed E-state index contributed by atoms with van der Waals surface area (Å²) in [6.07, 6.45) is 2.12. The average molecular weight is 349 g/mol. The minimum atomic E-state index is -1.61. The molecule has 5 nitrogen and oxygen atoms in total. The molecular weight excluding hydrogens is 326 g/mol. The summed E-state index contributed by atoms with van der Waals surface area (Å²) in [7, 11) is -1.61. The van der Waals surface area contributed by atoms with E-state index < -0.39 is 27.4 Å². The smallest absolute Gasteiger partial charge is 0.412 e. The summed E-state index contributed by atoms with van der Waals surface area (Å²) < 4.78 is 18.7. The Morgan fingerprint density at radius 3 is 2.54 bits per heavy atom. The van der Waals surface area contributed by atoms with E-state index in [1.165, 1.54) is 4.90 Å². The second-order valence-electron chi connectivity index (χ2n) is 7.31. The monoisotopic (exact) mass is 349 g/mol. The van der Waals surface area contributed by atoms with Crippen LogP contribution < -0.4 is 0 Å². The molecule has 2 aliphatic rings. The molecule has 0 N–H and O–H groups in total. The van der Waals surface area contributed by atoms with Crippen LogP contribution in [0.3, 0.4) is 0 Å². The normalized spacial score (nSPS) is 27.9. The molecule has 1 amide bonds. The summed E-state index contributed by atoms with van der Waals surface area (Å²) in [6, 6.07) is 8.57. The number of fused-ring (bicyclic) bond motifs is 1. The molecule has 2 fully saturated rings. The van der Waals surface area contributed by atoms with Crippen LogP contribution in [0.15, 0.2) is 35.2 Å². The van der Waals surface area contributed by atoms with Crippen molar-refractivity contribution >= 4 is 22.7 Å². The van der Waals surface area contributed by atoms with Gasteiger partial charge in [0.1, 0.15) is 5.60 Å². The fraction of sp³-hybridized carbons (Fsp3) is 0.556. The molecule has 0 aromatic heterocycles. The van der Waals surface area contributed by atoms with Gasteiger partial charge in [0, 0.05) is 11.3 Å². The van der Waals surface area contributed by atoms with Gasteiger partial charge in [-0.15, -0.1) is 0 Å². The van der Waals surface area contributed by atoms with Crippen molar-refractivity contribution in [1.29, 1.82) is 0 Å². The first-order valence-corrected chi connectivity index (χ1v) is 9.46. The average Bonchev–Trinajstić information content (AvgIpc) is 3.21. The summed E-state index contributed by atoms with van der Waals surface area (Å²) in [5.74, 6) is -0.113. The van der Waals surface area contributed by atoms with Gasteiger partial charge in [-0.1, -0.05) is 24.6 Å². The number of ketones is 1. The summed E-state index contributed by atoms with van der Waals surface area (Å²) in [5, 5.41) is 0. The van der Waals surface area contributed by atoms with Crippen molar-refractivity contribution in [1.82, 2.24) is 4.90 Å². The topological polar surface area (TPSA) is 63.5 Å². The van der Waals surface area contributed by atoms with Gasteiger partial charge >= 0.3 is 6.09 Å². The second kappa shape index (κ2) is 5.99. The predicted molar refractivity (Wildman–Crippen MR) is 90.9 cm³/mol. The number of nitrogens with zero attached hydrogens (tertiary/aromatic N) is 1. The van der Waals surface area contributed by atoms with Crippen LogP contribution in [0.5, 0.6) is 0 Å². The van der Waals surface area contributed by atoms with Crippen LogP contribution in [0.25, 0.3) is 0 Å². The van der Waals surface area contributed by atoms with Crippen molar-refractivity contribution in [3.05, 3.63) is 30.3 Å². The lowest BCUT2D eigenvalue weighted by atomic mass is 10.2. The van der Waals surface area contributed by atoms with E-state index in [0.29, 0.717) is 17.7 Å². The maximum absolute atomic E-state index is 13.2. The zero-order valence-electron chi connectivity index (χ0n) is 14.3. The lowest BCUT2D eigenvalue weighted by molar-refractivity contribution is -0.120. The molecule has 1 heterocycles. The number of hydrogen-bond donors (Lipinski definition) is 0. The number of ether oxygens (including phenoxy) is 1. The van der Waals surface area contributed by atoms with E-state index in [0.717, 1.165) is 12.8 Å². The third kappa shape index (κ3) is 2.77. The van der Waals surface area contributed by atoms with Gasteiger partial charge in [-0.25, -0.2) is 4.79 Å². The molecule has 1 aromatic carbocycles. The van der Waals surface area contributed by atoms with E-state index in [1.807, 2.05) is 6.07 Å². The van der Waals surface area contributed by atoms with Crippen molar-refractivity contribution in [3.8, 4) is 0 Å². The first-order chi connectivity index (χ1) is 11.3. The number of benzene rings is 1. The molecule has 3 atom stereocenters. The first kappa shape index (κ1) is 17.1. The van der Waals surface area contributed by atoms with Gasteiger partial charge < -0.3 is 4.74 Å². The highest BCUT2D eigenvalue weighted by atomic mass is 32.2. The summed E-state index contributed by atoms with van der Waals surface area (Å²) in [6.45, 7) is 5.35. The van der Waals surface area contributed by atoms with E-state index in [9.17, 15) is 13.8 Å². The number of likely N-dealkylation sites (tertiary alicyclic amines) is 1. The van der Waals surface area contributed by atoms with Crippen molar-refractivity contribution in [2.75, 3.05) is 0 Å². The number of rotatable bonds is 2. The molecule has 0 radical (unpaired) electrons. The quantitative estimate of drug-likeness (QED) is 0.769. The van der Waals surface area contributed by atoms with Crippen LogP contribution in [-0.4, -0.2) is 37.5 Å². The predicted octanol–water partition coefficient (Wildman–Crippen LogP) is 3.25. The SMILES string of the molecule is CC(C)(C)OC(=O)N1[C@@H]2CCCCC(=O)[C@@]21[S@](=O)c1ccccc1. The number of amides is 1. The van der Waals surface area contributed by atoms with Gasteiger partial charge in [0.15, 0.2) is 5.78 Å². The molecule has 3 rings (SSSR count). The van der Waals surface area contributed by atoms with E-state index in [1.54, 1.807) is 45.0 Å². The fourth-order valence-electron chi connectivity index (χ4n) is 3.39.